The number of rotatable bonds is 7. The van der Waals surface area contributed by atoms with E-state index in [2.05, 4.69) is 36.3 Å². The summed E-state index contributed by atoms with van der Waals surface area (Å²) >= 11 is 0. The summed E-state index contributed by atoms with van der Waals surface area (Å²) in [5, 5.41) is 3.70. The van der Waals surface area contributed by atoms with Crippen molar-refractivity contribution in [3.05, 3.63) is 29.8 Å². The second-order valence-corrected chi connectivity index (χ2v) is 5.97. The van der Waals surface area contributed by atoms with E-state index in [-0.39, 0.29) is 0 Å². The molecule has 1 aliphatic carbocycles. The maximum absolute atomic E-state index is 5.42. The molecule has 112 valence electrons. The number of likely N-dealkylation sites (N-methyl/N-ethyl adjacent to an activating group) is 1. The lowest BCUT2D eigenvalue weighted by Crippen LogP contribution is -2.40. The Bertz CT molecular complexity index is 402. The molecule has 3 nitrogen and oxygen atoms in total. The number of methoxy groups -OCH3 is 1. The third kappa shape index (κ3) is 4.22. The van der Waals surface area contributed by atoms with E-state index in [1.165, 1.54) is 31.2 Å². The Kier molecular flexibility index (Phi) is 5.86. The molecule has 1 atom stereocenters. The molecule has 1 N–H and O–H groups in total. The van der Waals surface area contributed by atoms with Gasteiger partial charge in [0.25, 0.3) is 0 Å². The summed E-state index contributed by atoms with van der Waals surface area (Å²) in [6.07, 6.45) is 5.48. The van der Waals surface area contributed by atoms with Crippen molar-refractivity contribution in [2.75, 3.05) is 20.7 Å². The van der Waals surface area contributed by atoms with Crippen LogP contribution in [0.3, 0.4) is 0 Å². The van der Waals surface area contributed by atoms with Crippen LogP contribution in [-0.2, 0) is 6.54 Å². The van der Waals surface area contributed by atoms with Crippen LogP contribution in [-0.4, -0.2) is 37.7 Å². The average Bonchev–Trinajstić information content (AvgIpc) is 2.98. The largest absolute Gasteiger partial charge is 0.496 e. The second-order valence-electron chi connectivity index (χ2n) is 5.97. The Hall–Kier alpha value is -1.06. The van der Waals surface area contributed by atoms with E-state index in [0.717, 1.165) is 24.9 Å². The van der Waals surface area contributed by atoms with Crippen molar-refractivity contribution in [1.29, 1.82) is 0 Å². The number of hydrogen-bond donors (Lipinski definition) is 1. The number of hydrogen-bond acceptors (Lipinski definition) is 3. The molecule has 20 heavy (non-hydrogen) atoms. The molecule has 1 saturated carbocycles. The van der Waals surface area contributed by atoms with Crippen LogP contribution in [0.4, 0.5) is 0 Å². The number of nitrogens with zero attached hydrogens (tertiary/aromatic N) is 1. The predicted molar refractivity (Wildman–Crippen MR) is 84.2 cm³/mol. The van der Waals surface area contributed by atoms with Crippen LogP contribution in [0.1, 0.15) is 38.2 Å². The number of ether oxygens (including phenoxy) is 1. The zero-order valence-electron chi connectivity index (χ0n) is 13.1. The first-order chi connectivity index (χ1) is 9.70. The highest BCUT2D eigenvalue weighted by Gasteiger charge is 2.17. The maximum atomic E-state index is 5.42. The molecule has 0 bridgehead atoms. The van der Waals surface area contributed by atoms with E-state index < -0.39 is 0 Å². The molecule has 0 heterocycles. The molecule has 1 aromatic carbocycles. The minimum absolute atomic E-state index is 0.528. The number of para-hydroxylation sites is 1. The minimum atomic E-state index is 0.528. The summed E-state index contributed by atoms with van der Waals surface area (Å²) in [6.45, 7) is 4.28. The highest BCUT2D eigenvalue weighted by molar-refractivity contribution is 5.33. The van der Waals surface area contributed by atoms with Crippen molar-refractivity contribution in [1.82, 2.24) is 10.2 Å². The van der Waals surface area contributed by atoms with E-state index in [1.54, 1.807) is 7.11 Å². The fraction of sp³-hybridized carbons (Fsp3) is 0.647. The van der Waals surface area contributed by atoms with Crippen molar-refractivity contribution in [2.24, 2.45) is 0 Å². The van der Waals surface area contributed by atoms with Crippen LogP contribution in [0.5, 0.6) is 5.75 Å². The quantitative estimate of drug-likeness (QED) is 0.828. The van der Waals surface area contributed by atoms with Gasteiger partial charge in [0.05, 0.1) is 7.11 Å². The lowest BCUT2D eigenvalue weighted by Gasteiger charge is -2.27. The van der Waals surface area contributed by atoms with Gasteiger partial charge in [-0.2, -0.15) is 0 Å². The number of benzene rings is 1. The molecular formula is C17H28N2O. The zero-order chi connectivity index (χ0) is 14.4. The van der Waals surface area contributed by atoms with Gasteiger partial charge < -0.3 is 10.1 Å². The molecule has 0 aliphatic heterocycles. The molecule has 0 amide bonds. The highest BCUT2D eigenvalue weighted by Crippen LogP contribution is 2.20. The van der Waals surface area contributed by atoms with Gasteiger partial charge in [0.1, 0.15) is 5.75 Å². The Morgan fingerprint density at radius 1 is 1.30 bits per heavy atom. The third-order valence-electron chi connectivity index (χ3n) is 4.42. The van der Waals surface area contributed by atoms with Crippen molar-refractivity contribution in [3.63, 3.8) is 0 Å². The van der Waals surface area contributed by atoms with Gasteiger partial charge >= 0.3 is 0 Å². The first-order valence-corrected chi connectivity index (χ1v) is 7.76. The normalized spacial score (nSPS) is 17.6. The summed E-state index contributed by atoms with van der Waals surface area (Å²) in [5.74, 6) is 0.982. The fourth-order valence-corrected chi connectivity index (χ4v) is 2.88. The molecule has 1 aliphatic rings. The van der Waals surface area contributed by atoms with Crippen LogP contribution in [0.2, 0.25) is 0 Å². The predicted octanol–water partition coefficient (Wildman–Crippen LogP) is 3.05. The van der Waals surface area contributed by atoms with Gasteiger partial charge in [-0.15, -0.1) is 0 Å². The molecule has 2 rings (SSSR count). The first-order valence-electron chi connectivity index (χ1n) is 7.76. The van der Waals surface area contributed by atoms with E-state index in [1.807, 2.05) is 12.1 Å². The maximum Gasteiger partial charge on any atom is 0.123 e. The lowest BCUT2D eigenvalue weighted by molar-refractivity contribution is 0.234. The SMILES string of the molecule is COc1ccccc1CN(C)C(C)CNC1CCCC1. The molecule has 0 saturated heterocycles. The molecule has 0 aromatic heterocycles. The molecule has 0 radical (unpaired) electrons. The molecule has 1 aromatic rings. The Morgan fingerprint density at radius 2 is 2.00 bits per heavy atom. The van der Waals surface area contributed by atoms with Gasteiger partial charge in [-0.3, -0.25) is 4.90 Å². The molecular weight excluding hydrogens is 248 g/mol. The second kappa shape index (κ2) is 7.65. The topological polar surface area (TPSA) is 24.5 Å². The highest BCUT2D eigenvalue weighted by atomic mass is 16.5. The third-order valence-corrected chi connectivity index (χ3v) is 4.42. The van der Waals surface area contributed by atoms with Crippen LogP contribution in [0, 0.1) is 0 Å². The summed E-state index contributed by atoms with van der Waals surface area (Å²) in [5.41, 5.74) is 1.25. The summed E-state index contributed by atoms with van der Waals surface area (Å²) in [4.78, 5) is 2.39. The summed E-state index contributed by atoms with van der Waals surface area (Å²) < 4.78 is 5.42. The smallest absolute Gasteiger partial charge is 0.123 e. The average molecular weight is 276 g/mol. The lowest BCUT2D eigenvalue weighted by atomic mass is 10.1. The Morgan fingerprint density at radius 3 is 2.70 bits per heavy atom. The van der Waals surface area contributed by atoms with E-state index >= 15 is 0 Å². The van der Waals surface area contributed by atoms with Gasteiger partial charge in [0.2, 0.25) is 0 Å². The van der Waals surface area contributed by atoms with E-state index in [4.69, 9.17) is 4.74 Å². The number of nitrogens with one attached hydrogen (secondary N) is 1. The van der Waals surface area contributed by atoms with E-state index in [0.29, 0.717) is 6.04 Å². The molecule has 1 unspecified atom stereocenters. The van der Waals surface area contributed by atoms with Gasteiger partial charge in [-0.25, -0.2) is 0 Å². The zero-order valence-corrected chi connectivity index (χ0v) is 13.1. The van der Waals surface area contributed by atoms with Crippen LogP contribution >= 0.6 is 0 Å². The summed E-state index contributed by atoms with van der Waals surface area (Å²) in [6, 6.07) is 9.55. The fourth-order valence-electron chi connectivity index (χ4n) is 2.88. The van der Waals surface area contributed by atoms with Gasteiger partial charge in [0.15, 0.2) is 0 Å². The molecule has 0 spiro atoms. The van der Waals surface area contributed by atoms with Crippen LogP contribution in [0.15, 0.2) is 24.3 Å². The van der Waals surface area contributed by atoms with Crippen molar-refractivity contribution in [3.8, 4) is 5.75 Å². The van der Waals surface area contributed by atoms with Crippen molar-refractivity contribution in [2.45, 2.75) is 51.2 Å². The van der Waals surface area contributed by atoms with Gasteiger partial charge in [-0.05, 0) is 32.9 Å². The van der Waals surface area contributed by atoms with Crippen molar-refractivity contribution >= 4 is 0 Å². The van der Waals surface area contributed by atoms with Gasteiger partial charge in [0, 0.05) is 30.7 Å². The monoisotopic (exact) mass is 276 g/mol. The minimum Gasteiger partial charge on any atom is -0.496 e. The first kappa shape index (κ1) is 15.3. The molecule has 1 fully saturated rings. The van der Waals surface area contributed by atoms with E-state index in [9.17, 15) is 0 Å². The Balaban J connectivity index is 1.81. The standard InChI is InChI=1S/C17H28N2O/c1-14(12-18-16-9-5-6-10-16)19(2)13-15-8-4-7-11-17(15)20-3/h4,7-8,11,14,16,18H,5-6,9-10,12-13H2,1-3H3. The van der Waals surface area contributed by atoms with Crippen LogP contribution in [0.25, 0.3) is 0 Å². The summed E-state index contributed by atoms with van der Waals surface area (Å²) in [7, 11) is 3.93. The Labute approximate surface area is 123 Å². The molecule has 3 heteroatoms. The van der Waals surface area contributed by atoms with Crippen LogP contribution < -0.4 is 10.1 Å². The van der Waals surface area contributed by atoms with Gasteiger partial charge in [-0.1, -0.05) is 31.0 Å². The van der Waals surface area contributed by atoms with Crippen molar-refractivity contribution < 1.29 is 4.74 Å².